The first-order chi connectivity index (χ1) is 33.3. The summed E-state index contributed by atoms with van der Waals surface area (Å²) in [6, 6.07) is 74.6. The van der Waals surface area contributed by atoms with Crippen molar-refractivity contribution in [2.75, 3.05) is 0 Å². The minimum atomic E-state index is 1.01. The zero-order valence-electron chi connectivity index (χ0n) is 39.5. The van der Waals surface area contributed by atoms with Crippen LogP contribution in [0.3, 0.4) is 0 Å². The zero-order valence-corrected chi connectivity index (χ0v) is 40.3. The molecule has 1 aliphatic rings. The molecule has 1 nitrogen and oxygen atoms in total. The van der Waals surface area contributed by atoms with Gasteiger partial charge in [0, 0.05) is 37.0 Å². The standard InChI is InChI=1S/C32H23N.C19H18S.C13H12.C2H2/c1-21-10-12-22(13-11-21)23-14-17-26(18-15-23)33-30-9-5-4-8-28(30)29-19-16-25-20-24-6-2-3-7-27(24)31(25)32(29)33;1-4-5-17-14(3)20-19-11-10-16(12-18(17)19)15-8-6-13(2)7-9-15;1-11-7-9-13(10-8-11)12-5-3-2-4-6-12;1-2/h2-19H,20H2,1H3;4-12H,1-3H3;2-10H,1H3;1-2H/b;5-4-;;. The SMILES string of the molecule is C#C.C/C=C\c1c(C)sc2ccc(-c3ccc(C)cc3)cc12.Cc1ccc(-c2ccc(-n3c4ccccc4c4ccc5c(c43)-c3ccccc3C5)cc2)cc1.Cc1ccc(-c2ccccc2)cc1. The molecular weight excluding hydrogens is 839 g/mol. The van der Waals surface area contributed by atoms with E-state index in [4.69, 9.17) is 0 Å². The highest BCUT2D eigenvalue weighted by Gasteiger charge is 2.25. The predicted octanol–water partition coefficient (Wildman–Crippen LogP) is 18.5. The molecule has 0 unspecified atom stereocenters. The van der Waals surface area contributed by atoms with Gasteiger partial charge in [0.15, 0.2) is 0 Å². The summed E-state index contributed by atoms with van der Waals surface area (Å²) in [4.78, 5) is 1.39. The van der Waals surface area contributed by atoms with Crippen LogP contribution in [0.1, 0.15) is 45.2 Å². The van der Waals surface area contributed by atoms with Gasteiger partial charge < -0.3 is 4.57 Å². The van der Waals surface area contributed by atoms with Crippen molar-refractivity contribution in [2.24, 2.45) is 0 Å². The molecule has 0 amide bonds. The van der Waals surface area contributed by atoms with Gasteiger partial charge >= 0.3 is 0 Å². The molecule has 0 radical (unpaired) electrons. The van der Waals surface area contributed by atoms with Gasteiger partial charge in [-0.25, -0.2) is 0 Å². The van der Waals surface area contributed by atoms with E-state index in [2.05, 4.69) is 264 Å². The average molecular weight is 894 g/mol. The van der Waals surface area contributed by atoms with E-state index in [0.29, 0.717) is 0 Å². The van der Waals surface area contributed by atoms with Crippen molar-refractivity contribution < 1.29 is 0 Å². The number of hydrogen-bond acceptors (Lipinski definition) is 1. The molecule has 2 heteroatoms. The van der Waals surface area contributed by atoms with Gasteiger partial charge in [0.1, 0.15) is 0 Å². The van der Waals surface area contributed by atoms with Gasteiger partial charge in [0.05, 0.1) is 11.0 Å². The van der Waals surface area contributed by atoms with Crippen LogP contribution >= 0.6 is 11.3 Å². The number of para-hydroxylation sites is 1. The maximum absolute atomic E-state index is 4.00. The lowest BCUT2D eigenvalue weighted by molar-refractivity contribution is 1.18. The molecule has 0 fully saturated rings. The molecule has 0 saturated heterocycles. The molecule has 9 aromatic carbocycles. The molecular formula is C66H55NS. The predicted molar refractivity (Wildman–Crippen MR) is 297 cm³/mol. The molecule has 1 aliphatic carbocycles. The minimum Gasteiger partial charge on any atom is -0.309 e. The molecule has 0 atom stereocenters. The number of benzene rings is 9. The number of allylic oxidation sites excluding steroid dienone is 1. The molecule has 0 saturated carbocycles. The van der Waals surface area contributed by atoms with E-state index in [0.717, 1.165) is 6.42 Å². The molecule has 68 heavy (non-hydrogen) atoms. The fourth-order valence-electron chi connectivity index (χ4n) is 9.40. The van der Waals surface area contributed by atoms with E-state index in [1.54, 1.807) is 0 Å². The molecule has 12 rings (SSSR count). The van der Waals surface area contributed by atoms with Crippen molar-refractivity contribution in [3.05, 3.63) is 251 Å². The Labute approximate surface area is 406 Å². The molecule has 0 spiro atoms. The highest BCUT2D eigenvalue weighted by Crippen LogP contribution is 2.45. The molecule has 0 aliphatic heterocycles. The number of fused-ring (bicyclic) bond motifs is 8. The van der Waals surface area contributed by atoms with E-state index in [1.165, 1.54) is 120 Å². The smallest absolute Gasteiger partial charge is 0.0622 e. The molecule has 0 N–H and O–H groups in total. The molecule has 2 aromatic heterocycles. The number of terminal acetylenes is 1. The number of aryl methyl sites for hydroxylation is 4. The Hall–Kier alpha value is -7.96. The van der Waals surface area contributed by atoms with Crippen LogP contribution in [0.5, 0.6) is 0 Å². The lowest BCUT2D eigenvalue weighted by atomic mass is 10.0. The second-order valence-electron chi connectivity index (χ2n) is 17.5. The highest BCUT2D eigenvalue weighted by molar-refractivity contribution is 7.19. The lowest BCUT2D eigenvalue weighted by Crippen LogP contribution is -1.96. The summed E-state index contributed by atoms with van der Waals surface area (Å²) in [5, 5.41) is 4.00. The average Bonchev–Trinajstić information content (AvgIpc) is 4.04. The van der Waals surface area contributed by atoms with Crippen LogP contribution in [0.2, 0.25) is 0 Å². The van der Waals surface area contributed by atoms with Crippen LogP contribution in [0.15, 0.2) is 212 Å². The summed E-state index contributed by atoms with van der Waals surface area (Å²) in [6.07, 6.45) is 13.3. The Morgan fingerprint density at radius 3 is 1.59 bits per heavy atom. The third-order valence-corrected chi connectivity index (χ3v) is 14.0. The van der Waals surface area contributed by atoms with Crippen molar-refractivity contribution in [1.82, 2.24) is 4.57 Å². The zero-order chi connectivity index (χ0) is 47.1. The van der Waals surface area contributed by atoms with Crippen molar-refractivity contribution in [1.29, 1.82) is 0 Å². The molecule has 2 heterocycles. The number of thiophene rings is 1. The summed E-state index contributed by atoms with van der Waals surface area (Å²) in [6.45, 7) is 10.6. The Kier molecular flexibility index (Phi) is 13.5. The van der Waals surface area contributed by atoms with Crippen LogP contribution in [0.4, 0.5) is 0 Å². The van der Waals surface area contributed by atoms with E-state index in [1.807, 2.05) is 17.4 Å². The van der Waals surface area contributed by atoms with E-state index in [9.17, 15) is 0 Å². The summed E-state index contributed by atoms with van der Waals surface area (Å²) in [5.41, 5.74) is 22.3. The van der Waals surface area contributed by atoms with Crippen molar-refractivity contribution in [3.8, 4) is 63.0 Å². The monoisotopic (exact) mass is 893 g/mol. The van der Waals surface area contributed by atoms with Gasteiger partial charge in [-0.2, -0.15) is 0 Å². The summed E-state index contributed by atoms with van der Waals surface area (Å²) < 4.78 is 3.83. The number of aromatic nitrogens is 1. The maximum atomic E-state index is 4.00. The topological polar surface area (TPSA) is 4.93 Å². The Bertz CT molecular complexity index is 3540. The van der Waals surface area contributed by atoms with Gasteiger partial charge in [-0.05, 0) is 127 Å². The first-order valence-electron chi connectivity index (χ1n) is 23.3. The van der Waals surface area contributed by atoms with Crippen LogP contribution in [-0.4, -0.2) is 4.57 Å². The number of nitrogens with zero attached hydrogens (tertiary/aromatic N) is 1. The highest BCUT2D eigenvalue weighted by atomic mass is 32.1. The fraction of sp³-hybridized carbons (Fsp3) is 0.0909. The third kappa shape index (κ3) is 9.23. The largest absolute Gasteiger partial charge is 0.309 e. The fourth-order valence-corrected chi connectivity index (χ4v) is 10.4. The second-order valence-corrected chi connectivity index (χ2v) is 18.7. The van der Waals surface area contributed by atoms with E-state index in [-0.39, 0.29) is 0 Å². The summed E-state index contributed by atoms with van der Waals surface area (Å²) in [7, 11) is 0. The number of hydrogen-bond donors (Lipinski definition) is 0. The van der Waals surface area contributed by atoms with Crippen molar-refractivity contribution in [2.45, 2.75) is 41.0 Å². The van der Waals surface area contributed by atoms with Crippen LogP contribution in [0, 0.1) is 40.5 Å². The minimum absolute atomic E-state index is 1.01. The molecule has 330 valence electrons. The van der Waals surface area contributed by atoms with Crippen molar-refractivity contribution in [3.63, 3.8) is 0 Å². The first kappa shape index (κ1) is 45.2. The van der Waals surface area contributed by atoms with Gasteiger partial charge in [-0.15, -0.1) is 24.2 Å². The van der Waals surface area contributed by atoms with Crippen molar-refractivity contribution >= 4 is 49.3 Å². The third-order valence-electron chi connectivity index (χ3n) is 12.9. The first-order valence-corrected chi connectivity index (χ1v) is 24.1. The van der Waals surface area contributed by atoms with Crippen LogP contribution < -0.4 is 0 Å². The molecule has 11 aromatic rings. The van der Waals surface area contributed by atoms with E-state index < -0.39 is 0 Å². The van der Waals surface area contributed by atoms with Gasteiger partial charge in [0.2, 0.25) is 0 Å². The van der Waals surface area contributed by atoms with Crippen LogP contribution in [0.25, 0.3) is 88.2 Å². The second kappa shape index (κ2) is 20.3. The normalized spacial score (nSPS) is 11.3. The quantitative estimate of drug-likeness (QED) is 0.152. The lowest BCUT2D eigenvalue weighted by Gasteiger charge is -2.12. The van der Waals surface area contributed by atoms with Gasteiger partial charge in [-0.1, -0.05) is 205 Å². The van der Waals surface area contributed by atoms with Gasteiger partial charge in [0.25, 0.3) is 0 Å². The van der Waals surface area contributed by atoms with Gasteiger partial charge in [-0.3, -0.25) is 0 Å². The Balaban J connectivity index is 0.000000140. The Morgan fingerprint density at radius 1 is 0.456 bits per heavy atom. The van der Waals surface area contributed by atoms with Crippen LogP contribution in [-0.2, 0) is 6.42 Å². The summed E-state index contributed by atoms with van der Waals surface area (Å²) >= 11 is 1.87. The maximum Gasteiger partial charge on any atom is 0.0622 e. The summed E-state index contributed by atoms with van der Waals surface area (Å²) in [5.74, 6) is 0. The molecule has 0 bridgehead atoms. The van der Waals surface area contributed by atoms with E-state index >= 15 is 0 Å². The Morgan fingerprint density at radius 2 is 0.971 bits per heavy atom. The number of rotatable bonds is 5.